The van der Waals surface area contributed by atoms with E-state index in [0.29, 0.717) is 48.1 Å². The zero-order valence-corrected chi connectivity index (χ0v) is 16.5. The summed E-state index contributed by atoms with van der Waals surface area (Å²) in [4.78, 5) is 26.9. The molecule has 1 fully saturated rings. The monoisotopic (exact) mass is 401 g/mol. The van der Waals surface area contributed by atoms with Crippen molar-refractivity contribution >= 4 is 34.8 Å². The number of para-hydroxylation sites is 3. The smallest absolute Gasteiger partial charge is 0.238 e. The molecule has 2 aromatic rings. The van der Waals surface area contributed by atoms with Crippen molar-refractivity contribution in [1.82, 2.24) is 4.90 Å². The summed E-state index contributed by atoms with van der Waals surface area (Å²) < 4.78 is 5.27. The number of hydrogen-bond donors (Lipinski definition) is 2. The van der Waals surface area contributed by atoms with Gasteiger partial charge in [0.05, 0.1) is 30.1 Å². The normalized spacial score (nSPS) is 15.1. The number of nitrogens with zero attached hydrogens (tertiary/aromatic N) is 1. The summed E-state index contributed by atoms with van der Waals surface area (Å²) in [5, 5.41) is 6.30. The molecule has 0 atom stereocenters. The number of anilines is 2. The van der Waals surface area contributed by atoms with Gasteiger partial charge in [-0.25, -0.2) is 0 Å². The van der Waals surface area contributed by atoms with Crippen LogP contribution in [0.4, 0.5) is 11.4 Å². The molecular weight excluding hydrogens is 378 g/mol. The third-order valence-corrected chi connectivity index (χ3v) is 5.17. The number of rotatable bonds is 6. The molecular formula is C21H24ClN3O3. The number of nitrogens with one attached hydrogen (secondary N) is 2. The van der Waals surface area contributed by atoms with Gasteiger partial charge in [0.2, 0.25) is 11.8 Å². The Kier molecular flexibility index (Phi) is 6.90. The lowest BCUT2D eigenvalue weighted by Gasteiger charge is -2.30. The Bertz CT molecular complexity index is 835. The van der Waals surface area contributed by atoms with Crippen molar-refractivity contribution in [2.24, 2.45) is 5.92 Å². The number of amides is 2. The molecule has 1 saturated heterocycles. The molecule has 0 radical (unpaired) electrons. The second-order valence-electron chi connectivity index (χ2n) is 6.77. The predicted octanol–water partition coefficient (Wildman–Crippen LogP) is 3.64. The summed E-state index contributed by atoms with van der Waals surface area (Å²) in [6.07, 6.45) is 1.42. The Hall–Kier alpha value is -2.57. The highest BCUT2D eigenvalue weighted by Gasteiger charge is 2.26. The quantitative estimate of drug-likeness (QED) is 0.775. The Labute approximate surface area is 169 Å². The molecule has 2 N–H and O–H groups in total. The van der Waals surface area contributed by atoms with Gasteiger partial charge in [-0.15, -0.1) is 0 Å². The van der Waals surface area contributed by atoms with Crippen molar-refractivity contribution in [2.45, 2.75) is 12.8 Å². The van der Waals surface area contributed by atoms with E-state index < -0.39 is 0 Å². The zero-order chi connectivity index (χ0) is 19.9. The van der Waals surface area contributed by atoms with Crippen molar-refractivity contribution in [3.63, 3.8) is 0 Å². The third kappa shape index (κ3) is 5.24. The lowest BCUT2D eigenvalue weighted by Crippen LogP contribution is -2.41. The average Bonchev–Trinajstić information content (AvgIpc) is 2.70. The van der Waals surface area contributed by atoms with Crippen LogP contribution in [0.5, 0.6) is 5.75 Å². The molecule has 7 heteroatoms. The minimum atomic E-state index is -0.106. The molecule has 1 aliphatic heterocycles. The highest BCUT2D eigenvalue weighted by molar-refractivity contribution is 6.33. The van der Waals surface area contributed by atoms with Gasteiger partial charge in [-0.2, -0.15) is 0 Å². The molecule has 28 heavy (non-hydrogen) atoms. The molecule has 148 valence electrons. The number of likely N-dealkylation sites (tertiary alicyclic amines) is 1. The first-order valence-electron chi connectivity index (χ1n) is 9.27. The van der Waals surface area contributed by atoms with E-state index in [2.05, 4.69) is 15.5 Å². The molecule has 2 aromatic carbocycles. The Balaban J connectivity index is 1.47. The van der Waals surface area contributed by atoms with Crippen molar-refractivity contribution < 1.29 is 14.3 Å². The largest absolute Gasteiger partial charge is 0.495 e. The number of halogens is 1. The molecule has 3 rings (SSSR count). The Morgan fingerprint density at radius 1 is 1.04 bits per heavy atom. The number of piperidine rings is 1. The van der Waals surface area contributed by atoms with Crippen LogP contribution < -0.4 is 15.4 Å². The Morgan fingerprint density at radius 3 is 2.36 bits per heavy atom. The highest BCUT2D eigenvalue weighted by Crippen LogP contribution is 2.26. The van der Waals surface area contributed by atoms with Gasteiger partial charge < -0.3 is 15.4 Å². The molecule has 0 unspecified atom stereocenters. The van der Waals surface area contributed by atoms with E-state index in [0.717, 1.165) is 0 Å². The first-order valence-corrected chi connectivity index (χ1v) is 9.65. The minimum Gasteiger partial charge on any atom is -0.495 e. The van der Waals surface area contributed by atoms with Gasteiger partial charge in [-0.1, -0.05) is 35.9 Å². The van der Waals surface area contributed by atoms with Gasteiger partial charge >= 0.3 is 0 Å². The summed E-state index contributed by atoms with van der Waals surface area (Å²) in [6.45, 7) is 1.67. The van der Waals surface area contributed by atoms with Gasteiger partial charge in [0.1, 0.15) is 5.75 Å². The summed E-state index contributed by atoms with van der Waals surface area (Å²) in [5.74, 6) is 0.451. The van der Waals surface area contributed by atoms with E-state index in [4.69, 9.17) is 16.3 Å². The van der Waals surface area contributed by atoms with E-state index in [1.807, 2.05) is 36.4 Å². The van der Waals surface area contributed by atoms with Crippen molar-refractivity contribution in [2.75, 3.05) is 37.4 Å². The summed E-state index contributed by atoms with van der Waals surface area (Å²) in [6, 6.07) is 14.5. The van der Waals surface area contributed by atoms with Crippen molar-refractivity contribution in [3.8, 4) is 5.75 Å². The number of ether oxygens (including phenoxy) is 1. The standard InChI is InChI=1S/C21H24ClN3O3/c1-28-19-9-5-4-8-18(19)24-21(27)15-10-12-25(13-11-15)14-20(26)23-17-7-3-2-6-16(17)22/h2-9,15H,10-14H2,1H3,(H,23,26)(H,24,27). The maximum atomic E-state index is 12.6. The zero-order valence-electron chi connectivity index (χ0n) is 15.8. The van der Waals surface area contributed by atoms with Crippen molar-refractivity contribution in [1.29, 1.82) is 0 Å². The van der Waals surface area contributed by atoms with Crippen molar-refractivity contribution in [3.05, 3.63) is 53.6 Å². The second kappa shape index (κ2) is 9.57. The molecule has 6 nitrogen and oxygen atoms in total. The van der Waals surface area contributed by atoms with Gasteiger partial charge in [-0.05, 0) is 50.2 Å². The van der Waals surface area contributed by atoms with Crippen LogP contribution in [-0.4, -0.2) is 43.5 Å². The molecule has 2 amide bonds. The van der Waals surface area contributed by atoms with Gasteiger partial charge in [0.15, 0.2) is 0 Å². The van der Waals surface area contributed by atoms with E-state index in [-0.39, 0.29) is 24.3 Å². The third-order valence-electron chi connectivity index (χ3n) is 4.84. The fraction of sp³-hybridized carbons (Fsp3) is 0.333. The van der Waals surface area contributed by atoms with Crippen LogP contribution in [0.2, 0.25) is 5.02 Å². The first-order chi connectivity index (χ1) is 13.6. The topological polar surface area (TPSA) is 70.7 Å². The molecule has 1 heterocycles. The lowest BCUT2D eigenvalue weighted by molar-refractivity contribution is -0.121. The Morgan fingerprint density at radius 2 is 1.68 bits per heavy atom. The SMILES string of the molecule is COc1ccccc1NC(=O)C1CCN(CC(=O)Nc2ccccc2Cl)CC1. The summed E-state index contributed by atoms with van der Waals surface area (Å²) in [5.41, 5.74) is 1.29. The number of benzene rings is 2. The number of methoxy groups -OCH3 is 1. The van der Waals surface area contributed by atoms with E-state index in [9.17, 15) is 9.59 Å². The van der Waals surface area contributed by atoms with Crippen LogP contribution in [-0.2, 0) is 9.59 Å². The number of carbonyl (C=O) groups is 2. The van der Waals surface area contributed by atoms with Gasteiger partial charge in [0.25, 0.3) is 0 Å². The van der Waals surface area contributed by atoms with Crippen LogP contribution in [0, 0.1) is 5.92 Å². The van der Waals surface area contributed by atoms with Crippen LogP contribution in [0.15, 0.2) is 48.5 Å². The molecule has 0 aliphatic carbocycles. The fourth-order valence-electron chi connectivity index (χ4n) is 3.29. The molecule has 0 spiro atoms. The lowest BCUT2D eigenvalue weighted by atomic mass is 9.95. The maximum absolute atomic E-state index is 12.6. The van der Waals surface area contributed by atoms with E-state index >= 15 is 0 Å². The predicted molar refractivity (Wildman–Crippen MR) is 111 cm³/mol. The highest BCUT2D eigenvalue weighted by atomic mass is 35.5. The maximum Gasteiger partial charge on any atom is 0.238 e. The molecule has 0 bridgehead atoms. The molecule has 0 aromatic heterocycles. The van der Waals surface area contributed by atoms with Gasteiger partial charge in [-0.3, -0.25) is 14.5 Å². The second-order valence-corrected chi connectivity index (χ2v) is 7.18. The van der Waals surface area contributed by atoms with Crippen LogP contribution in [0.1, 0.15) is 12.8 Å². The van der Waals surface area contributed by atoms with Crippen LogP contribution in [0.25, 0.3) is 0 Å². The average molecular weight is 402 g/mol. The van der Waals surface area contributed by atoms with E-state index in [1.54, 1.807) is 19.2 Å². The fourth-order valence-corrected chi connectivity index (χ4v) is 3.47. The van der Waals surface area contributed by atoms with Crippen LogP contribution in [0.3, 0.4) is 0 Å². The van der Waals surface area contributed by atoms with E-state index in [1.165, 1.54) is 0 Å². The summed E-state index contributed by atoms with van der Waals surface area (Å²) >= 11 is 6.07. The first kappa shape index (κ1) is 20.2. The number of hydrogen-bond acceptors (Lipinski definition) is 4. The minimum absolute atomic E-state index is 0.00957. The number of carbonyl (C=O) groups excluding carboxylic acids is 2. The molecule has 1 aliphatic rings. The van der Waals surface area contributed by atoms with Crippen LogP contribution >= 0.6 is 11.6 Å². The molecule has 0 saturated carbocycles. The van der Waals surface area contributed by atoms with Gasteiger partial charge in [0, 0.05) is 5.92 Å². The summed E-state index contributed by atoms with van der Waals surface area (Å²) in [7, 11) is 1.58.